The summed E-state index contributed by atoms with van der Waals surface area (Å²) in [4.78, 5) is 18.6. The Morgan fingerprint density at radius 2 is 2.03 bits per heavy atom. The van der Waals surface area contributed by atoms with E-state index in [4.69, 9.17) is 14.6 Å². The normalized spacial score (nSPS) is 18.7. The maximum Gasteiger partial charge on any atom is 0.219 e. The Kier molecular flexibility index (Phi) is 8.46. The fourth-order valence-electron chi connectivity index (χ4n) is 4.11. The fraction of sp³-hybridized carbons (Fsp3) is 0.423. The molecule has 0 amide bonds. The van der Waals surface area contributed by atoms with Crippen molar-refractivity contribution in [2.75, 3.05) is 46.4 Å². The summed E-state index contributed by atoms with van der Waals surface area (Å²) in [5, 5.41) is 14.9. The number of aldehydes is 1. The van der Waals surface area contributed by atoms with Gasteiger partial charge in [-0.15, -0.1) is 0 Å². The van der Waals surface area contributed by atoms with E-state index in [1.54, 1.807) is 12.4 Å². The Bertz CT molecular complexity index is 1060. The first-order valence-corrected chi connectivity index (χ1v) is 12.0. The molecule has 3 aromatic rings. The van der Waals surface area contributed by atoms with Crippen LogP contribution in [0.1, 0.15) is 24.8 Å². The molecule has 2 N–H and O–H groups in total. The van der Waals surface area contributed by atoms with E-state index in [-0.39, 0.29) is 0 Å². The van der Waals surface area contributed by atoms with Crippen LogP contribution in [-0.2, 0) is 4.79 Å². The molecule has 0 spiro atoms. The molecule has 35 heavy (non-hydrogen) atoms. The molecule has 2 aromatic heterocycles. The zero-order valence-corrected chi connectivity index (χ0v) is 20.3. The smallest absolute Gasteiger partial charge is 0.219 e. The van der Waals surface area contributed by atoms with Crippen LogP contribution in [0.4, 0.5) is 0 Å². The lowest BCUT2D eigenvalue weighted by atomic mass is 9.97. The van der Waals surface area contributed by atoms with Gasteiger partial charge in [-0.3, -0.25) is 5.10 Å². The second-order valence-corrected chi connectivity index (χ2v) is 8.98. The number of likely N-dealkylation sites (N-methyl/N-ethyl adjacent to an activating group) is 1. The summed E-state index contributed by atoms with van der Waals surface area (Å²) in [5.41, 5.74) is 3.20. The SMILES string of the molecule is CC(O)C=O.CN1CCN(CCC2COc3cc(Oc4ccc(-c5ccn[nH]5)cn4)ccc32)CC1. The molecule has 1 saturated heterocycles. The number of H-pyrrole nitrogens is 1. The summed E-state index contributed by atoms with van der Waals surface area (Å²) < 4.78 is 11.9. The number of fused-ring (bicyclic) bond motifs is 1. The van der Waals surface area contributed by atoms with Gasteiger partial charge >= 0.3 is 0 Å². The van der Waals surface area contributed by atoms with Crippen LogP contribution in [0.25, 0.3) is 11.3 Å². The molecular formula is C26H33N5O4. The van der Waals surface area contributed by atoms with Crippen LogP contribution in [0.2, 0.25) is 0 Å². The topological polar surface area (TPSA) is 104 Å². The van der Waals surface area contributed by atoms with Crippen LogP contribution in [-0.4, -0.2) is 88.9 Å². The highest BCUT2D eigenvalue weighted by Crippen LogP contribution is 2.39. The Labute approximate surface area is 205 Å². The summed E-state index contributed by atoms with van der Waals surface area (Å²) in [6.07, 6.45) is 4.31. The van der Waals surface area contributed by atoms with E-state index >= 15 is 0 Å². The third-order valence-corrected chi connectivity index (χ3v) is 6.22. The zero-order chi connectivity index (χ0) is 24.6. The molecule has 2 aliphatic rings. The summed E-state index contributed by atoms with van der Waals surface area (Å²) in [7, 11) is 2.20. The lowest BCUT2D eigenvalue weighted by Crippen LogP contribution is -2.44. The molecule has 0 bridgehead atoms. The number of hydrogen-bond donors (Lipinski definition) is 2. The van der Waals surface area contributed by atoms with Crippen LogP contribution in [0.3, 0.4) is 0 Å². The molecule has 4 heterocycles. The molecule has 9 nitrogen and oxygen atoms in total. The maximum atomic E-state index is 9.25. The second kappa shape index (κ2) is 11.9. The molecule has 0 saturated carbocycles. The highest BCUT2D eigenvalue weighted by molar-refractivity contribution is 5.57. The minimum Gasteiger partial charge on any atom is -0.493 e. The highest BCUT2D eigenvalue weighted by Gasteiger charge is 2.26. The van der Waals surface area contributed by atoms with E-state index < -0.39 is 6.10 Å². The van der Waals surface area contributed by atoms with Crippen molar-refractivity contribution in [1.82, 2.24) is 25.0 Å². The third-order valence-electron chi connectivity index (χ3n) is 6.22. The molecule has 2 unspecified atom stereocenters. The number of carbonyl (C=O) groups is 1. The standard InChI is InChI=1S/C23H27N5O2.C3H6O2/c1-27-10-12-28(13-11-27)9-7-18-16-29-22-14-19(3-4-20(18)22)30-23-5-2-17(15-24-23)21-6-8-25-26-21;1-3(5)2-4/h2-6,8,14-15,18H,7,9-13,16H2,1H3,(H,25,26);2-3,5H,1H3. The molecule has 2 aliphatic heterocycles. The van der Waals surface area contributed by atoms with E-state index in [1.165, 1.54) is 12.5 Å². The van der Waals surface area contributed by atoms with Gasteiger partial charge in [0, 0.05) is 67.8 Å². The number of aromatic nitrogens is 3. The molecule has 186 valence electrons. The van der Waals surface area contributed by atoms with Crippen molar-refractivity contribution in [2.24, 2.45) is 0 Å². The van der Waals surface area contributed by atoms with Crippen molar-refractivity contribution < 1.29 is 19.4 Å². The molecule has 2 atom stereocenters. The van der Waals surface area contributed by atoms with Crippen LogP contribution >= 0.6 is 0 Å². The van der Waals surface area contributed by atoms with Crippen molar-refractivity contribution in [3.05, 3.63) is 54.4 Å². The van der Waals surface area contributed by atoms with Crippen molar-refractivity contribution in [1.29, 1.82) is 0 Å². The molecule has 0 aliphatic carbocycles. The molecule has 0 radical (unpaired) electrons. The van der Waals surface area contributed by atoms with Crippen LogP contribution in [0.15, 0.2) is 48.8 Å². The van der Waals surface area contributed by atoms with Gasteiger partial charge < -0.3 is 29.2 Å². The number of ether oxygens (including phenoxy) is 2. The number of benzene rings is 1. The first-order valence-electron chi connectivity index (χ1n) is 12.0. The van der Waals surface area contributed by atoms with Gasteiger partial charge in [-0.1, -0.05) is 6.07 Å². The van der Waals surface area contributed by atoms with Gasteiger partial charge in [0.25, 0.3) is 0 Å². The lowest BCUT2D eigenvalue weighted by molar-refractivity contribution is -0.114. The monoisotopic (exact) mass is 479 g/mol. The molecule has 1 aromatic carbocycles. The van der Waals surface area contributed by atoms with Crippen molar-refractivity contribution >= 4 is 6.29 Å². The number of aliphatic hydroxyl groups is 1. The number of hydrogen-bond acceptors (Lipinski definition) is 8. The Balaban J connectivity index is 0.000000527. The summed E-state index contributed by atoms with van der Waals surface area (Å²) in [6, 6.07) is 11.9. The third kappa shape index (κ3) is 6.88. The molecule has 9 heteroatoms. The summed E-state index contributed by atoms with van der Waals surface area (Å²) in [6.45, 7) is 7.94. The van der Waals surface area contributed by atoms with E-state index in [9.17, 15) is 4.79 Å². The van der Waals surface area contributed by atoms with Crippen LogP contribution in [0.5, 0.6) is 17.4 Å². The molecular weight excluding hydrogens is 446 g/mol. The van der Waals surface area contributed by atoms with Crippen LogP contribution in [0, 0.1) is 0 Å². The Morgan fingerprint density at radius 1 is 1.23 bits per heavy atom. The first-order chi connectivity index (χ1) is 17.0. The quantitative estimate of drug-likeness (QED) is 0.499. The van der Waals surface area contributed by atoms with E-state index in [0.29, 0.717) is 18.1 Å². The minimum absolute atomic E-state index is 0.459. The molecule has 5 rings (SSSR count). The summed E-state index contributed by atoms with van der Waals surface area (Å²) in [5.74, 6) is 2.70. The predicted octanol–water partition coefficient (Wildman–Crippen LogP) is 2.94. The zero-order valence-electron chi connectivity index (χ0n) is 20.3. The van der Waals surface area contributed by atoms with E-state index in [2.05, 4.69) is 38.1 Å². The number of nitrogens with one attached hydrogen (secondary N) is 1. The van der Waals surface area contributed by atoms with Gasteiger partial charge in [0.2, 0.25) is 5.88 Å². The molecule has 1 fully saturated rings. The second-order valence-electron chi connectivity index (χ2n) is 8.98. The number of rotatable bonds is 7. The number of piperazine rings is 1. The number of aromatic amines is 1. The van der Waals surface area contributed by atoms with Gasteiger partial charge in [-0.05, 0) is 45.1 Å². The van der Waals surface area contributed by atoms with Gasteiger partial charge in [0.15, 0.2) is 0 Å². The average molecular weight is 480 g/mol. The van der Waals surface area contributed by atoms with E-state index in [1.807, 2.05) is 30.3 Å². The number of aliphatic hydroxyl groups excluding tert-OH is 1. The van der Waals surface area contributed by atoms with Crippen LogP contribution < -0.4 is 9.47 Å². The predicted molar refractivity (Wildman–Crippen MR) is 133 cm³/mol. The Hall–Kier alpha value is -3.27. The van der Waals surface area contributed by atoms with Gasteiger partial charge in [0.1, 0.15) is 23.9 Å². The fourth-order valence-corrected chi connectivity index (χ4v) is 4.11. The van der Waals surface area contributed by atoms with Crippen molar-refractivity contribution in [2.45, 2.75) is 25.4 Å². The number of carbonyl (C=O) groups excluding carboxylic acids is 1. The van der Waals surface area contributed by atoms with Gasteiger partial charge in [0.05, 0.1) is 12.3 Å². The van der Waals surface area contributed by atoms with Gasteiger partial charge in [-0.25, -0.2) is 4.98 Å². The number of pyridine rings is 1. The highest BCUT2D eigenvalue weighted by atomic mass is 16.5. The Morgan fingerprint density at radius 3 is 2.69 bits per heavy atom. The van der Waals surface area contributed by atoms with Crippen molar-refractivity contribution in [3.8, 4) is 28.6 Å². The maximum absolute atomic E-state index is 9.25. The number of nitrogens with zero attached hydrogens (tertiary/aromatic N) is 4. The van der Waals surface area contributed by atoms with Crippen molar-refractivity contribution in [3.63, 3.8) is 0 Å². The lowest BCUT2D eigenvalue weighted by Gasteiger charge is -2.32. The summed E-state index contributed by atoms with van der Waals surface area (Å²) >= 11 is 0. The van der Waals surface area contributed by atoms with Gasteiger partial charge in [-0.2, -0.15) is 5.10 Å². The minimum atomic E-state index is -0.796. The largest absolute Gasteiger partial charge is 0.493 e. The average Bonchev–Trinajstić information content (AvgIpc) is 3.55. The van der Waals surface area contributed by atoms with E-state index in [0.717, 1.165) is 68.5 Å². The first kappa shape index (κ1) is 24.8.